The molecule has 14 heteroatoms. The molecule has 57 heavy (non-hydrogen) atoms. The summed E-state index contributed by atoms with van der Waals surface area (Å²) in [4.78, 5) is 74.0. The lowest BCUT2D eigenvalue weighted by atomic mass is 9.76. The summed E-state index contributed by atoms with van der Waals surface area (Å²) in [5.41, 5.74) is 4.99. The van der Waals surface area contributed by atoms with Crippen molar-refractivity contribution in [1.82, 2.24) is 20.0 Å². The van der Waals surface area contributed by atoms with Gasteiger partial charge in [0.2, 0.25) is 11.8 Å². The second kappa shape index (κ2) is 14.3. The molecule has 0 saturated carbocycles. The van der Waals surface area contributed by atoms with E-state index in [-0.39, 0.29) is 46.9 Å². The first-order valence-corrected chi connectivity index (χ1v) is 20.2. The molecule has 294 valence electrons. The van der Waals surface area contributed by atoms with Gasteiger partial charge >= 0.3 is 0 Å². The van der Waals surface area contributed by atoms with Gasteiger partial charge < -0.3 is 14.7 Å². The molecular formula is C43H43ClFN7O5. The minimum Gasteiger partial charge on any atom is -0.371 e. The summed E-state index contributed by atoms with van der Waals surface area (Å²) < 4.78 is 15.7. The number of hydrogen-bond acceptors (Lipinski definition) is 9. The summed E-state index contributed by atoms with van der Waals surface area (Å²) >= 11 is 6.36. The van der Waals surface area contributed by atoms with Crippen LogP contribution < -0.4 is 15.1 Å². The second-order valence-corrected chi connectivity index (χ2v) is 17.1. The molecule has 0 bridgehead atoms. The predicted octanol–water partition coefficient (Wildman–Crippen LogP) is 5.26. The summed E-state index contributed by atoms with van der Waals surface area (Å²) in [5.74, 6) is -2.89. The fourth-order valence-corrected chi connectivity index (χ4v) is 10.4. The number of anilines is 2. The molecule has 6 heterocycles. The van der Waals surface area contributed by atoms with Crippen LogP contribution in [-0.4, -0.2) is 95.1 Å². The first-order chi connectivity index (χ1) is 27.4. The van der Waals surface area contributed by atoms with E-state index in [1.165, 1.54) is 6.07 Å². The van der Waals surface area contributed by atoms with E-state index in [9.17, 15) is 29.2 Å². The van der Waals surface area contributed by atoms with Gasteiger partial charge in [0.05, 0.1) is 27.3 Å². The lowest BCUT2D eigenvalue weighted by Crippen LogP contribution is -2.54. The second-order valence-electron chi connectivity index (χ2n) is 16.7. The summed E-state index contributed by atoms with van der Waals surface area (Å²) in [6, 6.07) is 15.8. The third-order valence-electron chi connectivity index (χ3n) is 13.3. The SMILES string of the molecule is CC1CC2(CCN(c3ccc(C(=O)N4CCC(N5Cc6cc7c(cc6C5)C(=O)N(C5CCC(=O)NC5=O)C7=O)CC4)c(F)c3)CC2)CN1c1ccc(C#N)c(Cl)c1. The van der Waals surface area contributed by atoms with Gasteiger partial charge in [-0.2, -0.15) is 5.26 Å². The Hall–Kier alpha value is -5.32. The van der Waals surface area contributed by atoms with E-state index in [1.807, 2.05) is 18.2 Å². The van der Waals surface area contributed by atoms with Crippen molar-refractivity contribution in [2.45, 2.75) is 83.1 Å². The van der Waals surface area contributed by atoms with E-state index in [1.54, 1.807) is 29.2 Å². The normalized spacial score (nSPS) is 23.6. The summed E-state index contributed by atoms with van der Waals surface area (Å²) in [7, 11) is 0. The molecule has 3 aromatic rings. The molecule has 0 radical (unpaired) electrons. The Morgan fingerprint density at radius 1 is 0.895 bits per heavy atom. The van der Waals surface area contributed by atoms with Crippen molar-refractivity contribution in [2.75, 3.05) is 42.5 Å². The highest BCUT2D eigenvalue weighted by molar-refractivity contribution is 6.32. The topological polar surface area (TPSA) is 137 Å². The van der Waals surface area contributed by atoms with Gasteiger partial charge in [0.1, 0.15) is 17.9 Å². The Morgan fingerprint density at radius 3 is 2.18 bits per heavy atom. The standard InChI is InChI=1S/C43H43ClFN7O5/c1-25-20-43(24-51(25)31-3-2-26(21-46)35(44)18-31)10-14-48(15-11-43)30-4-5-32(36(45)19-30)40(55)49-12-8-29(9-13-49)50-22-27-16-33-34(17-28(27)23-50)42(57)52(41(33)56)37-6-7-38(53)47-39(37)54/h2-5,16-19,25,29,37H,6-15,20,22-24H2,1H3,(H,47,53,54). The first kappa shape index (κ1) is 37.3. The predicted molar refractivity (Wildman–Crippen MR) is 209 cm³/mol. The quantitative estimate of drug-likeness (QED) is 0.344. The van der Waals surface area contributed by atoms with Crippen molar-refractivity contribution in [3.63, 3.8) is 0 Å². The number of amides is 5. The fourth-order valence-electron chi connectivity index (χ4n) is 10.2. The molecule has 2 unspecified atom stereocenters. The molecule has 1 N–H and O–H groups in total. The molecular weight excluding hydrogens is 749 g/mol. The number of nitrogens with one attached hydrogen (secondary N) is 1. The van der Waals surface area contributed by atoms with E-state index < -0.39 is 35.5 Å². The Balaban J connectivity index is 0.781. The van der Waals surface area contributed by atoms with Crippen molar-refractivity contribution in [3.8, 4) is 6.07 Å². The highest BCUT2D eigenvalue weighted by Crippen LogP contribution is 2.46. The van der Waals surface area contributed by atoms with Crippen LogP contribution in [0.5, 0.6) is 0 Å². The fraction of sp³-hybridized carbons (Fsp3) is 0.442. The number of carbonyl (C=O) groups is 5. The molecule has 0 aliphatic carbocycles. The van der Waals surface area contributed by atoms with Gasteiger partial charge in [-0.25, -0.2) is 4.39 Å². The molecule has 12 nitrogen and oxygen atoms in total. The van der Waals surface area contributed by atoms with E-state index in [0.29, 0.717) is 55.6 Å². The number of nitrogens with zero attached hydrogens (tertiary/aromatic N) is 6. The molecule has 5 amide bonds. The van der Waals surface area contributed by atoms with E-state index in [0.717, 1.165) is 66.3 Å². The summed E-state index contributed by atoms with van der Waals surface area (Å²) in [6.45, 7) is 6.90. The number of piperidine rings is 3. The van der Waals surface area contributed by atoms with Crippen LogP contribution in [0.4, 0.5) is 15.8 Å². The van der Waals surface area contributed by atoms with Gasteiger partial charge in [0.25, 0.3) is 17.7 Å². The Kier molecular flexibility index (Phi) is 9.32. The van der Waals surface area contributed by atoms with Crippen molar-refractivity contribution in [2.24, 2.45) is 5.41 Å². The molecule has 6 aliphatic heterocycles. The molecule has 6 aliphatic rings. The van der Waals surface area contributed by atoms with E-state index in [4.69, 9.17) is 11.6 Å². The number of likely N-dealkylation sites (tertiary alicyclic amines) is 1. The average Bonchev–Trinajstić information content (AvgIpc) is 3.84. The third-order valence-corrected chi connectivity index (χ3v) is 13.6. The monoisotopic (exact) mass is 791 g/mol. The van der Waals surface area contributed by atoms with Crippen LogP contribution in [0.2, 0.25) is 5.02 Å². The van der Waals surface area contributed by atoms with Crippen molar-refractivity contribution < 1.29 is 28.4 Å². The number of nitriles is 1. The lowest BCUT2D eigenvalue weighted by molar-refractivity contribution is -0.136. The molecule has 4 fully saturated rings. The summed E-state index contributed by atoms with van der Waals surface area (Å²) in [6.07, 6.45) is 4.60. The summed E-state index contributed by atoms with van der Waals surface area (Å²) in [5, 5.41) is 12.0. The number of fused-ring (bicyclic) bond motifs is 2. The Labute approximate surface area is 335 Å². The molecule has 4 saturated heterocycles. The van der Waals surface area contributed by atoms with E-state index in [2.05, 4.69) is 33.0 Å². The highest BCUT2D eigenvalue weighted by atomic mass is 35.5. The highest BCUT2D eigenvalue weighted by Gasteiger charge is 2.47. The van der Waals surface area contributed by atoms with Crippen LogP contribution >= 0.6 is 11.6 Å². The number of halogens is 2. The van der Waals surface area contributed by atoms with Crippen molar-refractivity contribution >= 4 is 52.5 Å². The number of imide groups is 2. The number of rotatable bonds is 5. The van der Waals surface area contributed by atoms with Crippen LogP contribution in [-0.2, 0) is 22.7 Å². The zero-order valence-electron chi connectivity index (χ0n) is 31.7. The number of hydrogen-bond donors (Lipinski definition) is 1. The van der Waals surface area contributed by atoms with Gasteiger partial charge in [-0.3, -0.25) is 39.1 Å². The van der Waals surface area contributed by atoms with Crippen LogP contribution in [0, 0.1) is 22.6 Å². The van der Waals surface area contributed by atoms with Crippen molar-refractivity contribution in [3.05, 3.63) is 92.8 Å². The van der Waals surface area contributed by atoms with Crippen LogP contribution in [0.3, 0.4) is 0 Å². The Bertz CT molecular complexity index is 2230. The van der Waals surface area contributed by atoms with Gasteiger partial charge in [-0.15, -0.1) is 0 Å². The van der Waals surface area contributed by atoms with Crippen LogP contribution in [0.1, 0.15) is 99.6 Å². The van der Waals surface area contributed by atoms with Crippen molar-refractivity contribution in [1.29, 1.82) is 5.26 Å². The van der Waals surface area contributed by atoms with Gasteiger partial charge in [-0.1, -0.05) is 11.6 Å². The number of carbonyl (C=O) groups excluding carboxylic acids is 5. The molecule has 0 aromatic heterocycles. The molecule has 9 rings (SSSR count). The van der Waals surface area contributed by atoms with Crippen LogP contribution in [0.25, 0.3) is 0 Å². The van der Waals surface area contributed by atoms with Gasteiger partial charge in [0.15, 0.2) is 0 Å². The average molecular weight is 792 g/mol. The minimum atomic E-state index is -0.999. The maximum absolute atomic E-state index is 15.7. The van der Waals surface area contributed by atoms with Gasteiger partial charge in [0, 0.05) is 75.7 Å². The Morgan fingerprint density at radius 2 is 1.56 bits per heavy atom. The first-order valence-electron chi connectivity index (χ1n) is 19.8. The smallest absolute Gasteiger partial charge is 0.262 e. The maximum Gasteiger partial charge on any atom is 0.262 e. The number of benzene rings is 3. The lowest BCUT2D eigenvalue weighted by Gasteiger charge is -2.40. The zero-order chi connectivity index (χ0) is 39.7. The largest absolute Gasteiger partial charge is 0.371 e. The third kappa shape index (κ3) is 6.52. The minimum absolute atomic E-state index is 0.0706. The van der Waals surface area contributed by atoms with E-state index >= 15 is 4.39 Å². The maximum atomic E-state index is 15.7. The molecule has 3 aromatic carbocycles. The molecule has 2 atom stereocenters. The molecule has 1 spiro atoms. The zero-order valence-corrected chi connectivity index (χ0v) is 32.5. The van der Waals surface area contributed by atoms with Crippen LogP contribution in [0.15, 0.2) is 48.5 Å². The van der Waals surface area contributed by atoms with Gasteiger partial charge in [-0.05, 0) is 111 Å².